The monoisotopic (exact) mass is 355 g/mol. The number of halogens is 1. The number of thioether (sulfide) groups is 1. The molecule has 1 saturated carbocycles. The van der Waals surface area contributed by atoms with Crippen molar-refractivity contribution in [2.24, 2.45) is 0 Å². The first-order chi connectivity index (χ1) is 9.44. The number of hydrogen-bond donors (Lipinski definition) is 1. The lowest BCUT2D eigenvalue weighted by Crippen LogP contribution is -2.35. The molecule has 20 heavy (non-hydrogen) atoms. The van der Waals surface area contributed by atoms with Gasteiger partial charge in [0, 0.05) is 26.7 Å². The molecular formula is C17H26BrNS. The molecule has 112 valence electrons. The van der Waals surface area contributed by atoms with Crippen LogP contribution in [-0.2, 0) is 6.54 Å². The largest absolute Gasteiger partial charge is 0.308 e. The maximum absolute atomic E-state index is 3.75. The first kappa shape index (κ1) is 16.4. The molecule has 1 aliphatic carbocycles. The lowest BCUT2D eigenvalue weighted by molar-refractivity contribution is 0.424. The molecule has 0 aliphatic heterocycles. The first-order valence-electron chi connectivity index (χ1n) is 7.64. The fourth-order valence-electron chi connectivity index (χ4n) is 2.48. The second-order valence-electron chi connectivity index (χ2n) is 6.75. The molecule has 0 aromatic heterocycles. The fourth-order valence-corrected chi connectivity index (χ4v) is 4.43. The third kappa shape index (κ3) is 5.42. The molecular weight excluding hydrogens is 330 g/mol. The van der Waals surface area contributed by atoms with Gasteiger partial charge in [0.1, 0.15) is 0 Å². The number of benzene rings is 1. The summed E-state index contributed by atoms with van der Waals surface area (Å²) in [6.45, 7) is 7.54. The Morgan fingerprint density at radius 3 is 2.50 bits per heavy atom. The Labute approximate surface area is 136 Å². The van der Waals surface area contributed by atoms with Crippen LogP contribution in [0.3, 0.4) is 0 Å². The summed E-state index contributed by atoms with van der Waals surface area (Å²) in [5.41, 5.74) is 1.52. The summed E-state index contributed by atoms with van der Waals surface area (Å²) in [6, 6.07) is 6.81. The van der Waals surface area contributed by atoms with Crippen LogP contribution in [-0.4, -0.2) is 10.8 Å². The van der Waals surface area contributed by atoms with Crippen molar-refractivity contribution >= 4 is 27.7 Å². The first-order valence-corrected chi connectivity index (χ1v) is 9.31. The summed E-state index contributed by atoms with van der Waals surface area (Å²) < 4.78 is 1.25. The fraction of sp³-hybridized carbons (Fsp3) is 0.647. The van der Waals surface area contributed by atoms with Crippen molar-refractivity contribution < 1.29 is 0 Å². The van der Waals surface area contributed by atoms with Gasteiger partial charge >= 0.3 is 0 Å². The van der Waals surface area contributed by atoms with E-state index in [1.165, 1.54) is 47.0 Å². The third-order valence-electron chi connectivity index (χ3n) is 3.66. The molecule has 0 heterocycles. The van der Waals surface area contributed by atoms with E-state index < -0.39 is 0 Å². The van der Waals surface area contributed by atoms with Crippen molar-refractivity contribution in [1.29, 1.82) is 0 Å². The van der Waals surface area contributed by atoms with Gasteiger partial charge in [-0.15, -0.1) is 11.8 Å². The molecule has 1 aromatic carbocycles. The summed E-state index contributed by atoms with van der Waals surface area (Å²) in [5, 5.41) is 4.36. The summed E-state index contributed by atoms with van der Waals surface area (Å²) >= 11 is 5.80. The van der Waals surface area contributed by atoms with Gasteiger partial charge in [0.15, 0.2) is 0 Å². The Hall–Kier alpha value is 0.01000. The van der Waals surface area contributed by atoms with Gasteiger partial charge in [-0.1, -0.05) is 25.3 Å². The normalized spacial score (nSPS) is 17.4. The second-order valence-corrected chi connectivity index (χ2v) is 8.94. The molecule has 0 atom stereocenters. The van der Waals surface area contributed by atoms with Gasteiger partial charge < -0.3 is 5.32 Å². The minimum Gasteiger partial charge on any atom is -0.308 e. The highest BCUT2D eigenvalue weighted by Gasteiger charge is 2.16. The molecule has 1 N–H and O–H groups in total. The smallest absolute Gasteiger partial charge is 0.0314 e. The van der Waals surface area contributed by atoms with Crippen molar-refractivity contribution in [3.05, 3.63) is 28.2 Å². The van der Waals surface area contributed by atoms with Crippen molar-refractivity contribution in [3.8, 4) is 0 Å². The molecule has 0 spiro atoms. The van der Waals surface area contributed by atoms with Gasteiger partial charge in [-0.25, -0.2) is 0 Å². The van der Waals surface area contributed by atoms with Crippen molar-refractivity contribution in [1.82, 2.24) is 5.32 Å². The van der Waals surface area contributed by atoms with E-state index in [1.54, 1.807) is 0 Å². The summed E-state index contributed by atoms with van der Waals surface area (Å²) in [5.74, 6) is 0. The summed E-state index contributed by atoms with van der Waals surface area (Å²) in [6.07, 6.45) is 7.00. The van der Waals surface area contributed by atoms with E-state index in [0.717, 1.165) is 11.8 Å². The zero-order valence-corrected chi connectivity index (χ0v) is 15.2. The van der Waals surface area contributed by atoms with Crippen LogP contribution >= 0.6 is 27.7 Å². The SMILES string of the molecule is CC(C)(C)NCc1ccc(SC2CCCCC2)c(Br)c1. The minimum absolute atomic E-state index is 0.169. The highest BCUT2D eigenvalue weighted by Crippen LogP contribution is 2.37. The zero-order valence-electron chi connectivity index (χ0n) is 12.8. The van der Waals surface area contributed by atoms with Crippen molar-refractivity contribution in [2.45, 2.75) is 75.1 Å². The lowest BCUT2D eigenvalue weighted by atomic mass is 10.0. The maximum Gasteiger partial charge on any atom is 0.0314 e. The quantitative estimate of drug-likeness (QED) is 0.736. The van der Waals surface area contributed by atoms with E-state index in [0.29, 0.717) is 0 Å². The van der Waals surface area contributed by atoms with E-state index in [4.69, 9.17) is 0 Å². The van der Waals surface area contributed by atoms with E-state index in [-0.39, 0.29) is 5.54 Å². The summed E-state index contributed by atoms with van der Waals surface area (Å²) in [4.78, 5) is 1.40. The molecule has 0 bridgehead atoms. The topological polar surface area (TPSA) is 12.0 Å². The average Bonchev–Trinajstić information content (AvgIpc) is 2.40. The highest BCUT2D eigenvalue weighted by atomic mass is 79.9. The van der Waals surface area contributed by atoms with Gasteiger partial charge in [0.2, 0.25) is 0 Å². The Balaban J connectivity index is 1.94. The van der Waals surface area contributed by atoms with E-state index in [2.05, 4.69) is 72.0 Å². The average molecular weight is 356 g/mol. The Morgan fingerprint density at radius 1 is 1.20 bits per heavy atom. The molecule has 0 saturated heterocycles. The number of nitrogens with one attached hydrogen (secondary N) is 1. The van der Waals surface area contributed by atoms with Crippen LogP contribution in [0.25, 0.3) is 0 Å². The molecule has 1 nitrogen and oxygen atoms in total. The molecule has 1 aliphatic rings. The van der Waals surface area contributed by atoms with Gasteiger partial charge in [0.25, 0.3) is 0 Å². The Morgan fingerprint density at radius 2 is 1.90 bits per heavy atom. The van der Waals surface area contributed by atoms with Crippen LogP contribution in [0.4, 0.5) is 0 Å². The second kappa shape index (κ2) is 7.33. The molecule has 2 rings (SSSR count). The number of hydrogen-bond acceptors (Lipinski definition) is 2. The highest BCUT2D eigenvalue weighted by molar-refractivity contribution is 9.10. The zero-order chi connectivity index (χ0) is 14.6. The van der Waals surface area contributed by atoms with Gasteiger partial charge in [-0.05, 0) is 67.2 Å². The number of rotatable bonds is 4. The van der Waals surface area contributed by atoms with Gasteiger partial charge in [-0.3, -0.25) is 0 Å². The predicted molar refractivity (Wildman–Crippen MR) is 93.5 cm³/mol. The molecule has 0 amide bonds. The Kier molecular flexibility index (Phi) is 6.00. The summed E-state index contributed by atoms with van der Waals surface area (Å²) in [7, 11) is 0. The molecule has 1 aromatic rings. The van der Waals surface area contributed by atoms with E-state index in [9.17, 15) is 0 Å². The predicted octanol–water partition coefficient (Wildman–Crippen LogP) is 5.76. The van der Waals surface area contributed by atoms with Gasteiger partial charge in [-0.2, -0.15) is 0 Å². The molecule has 0 radical (unpaired) electrons. The maximum atomic E-state index is 3.75. The van der Waals surface area contributed by atoms with Crippen LogP contribution in [0.5, 0.6) is 0 Å². The van der Waals surface area contributed by atoms with E-state index in [1.807, 2.05) is 0 Å². The van der Waals surface area contributed by atoms with Gasteiger partial charge in [0.05, 0.1) is 0 Å². The minimum atomic E-state index is 0.169. The van der Waals surface area contributed by atoms with Crippen LogP contribution in [0.2, 0.25) is 0 Å². The lowest BCUT2D eigenvalue weighted by Gasteiger charge is -2.22. The molecule has 1 fully saturated rings. The van der Waals surface area contributed by atoms with Crippen LogP contribution < -0.4 is 5.32 Å². The van der Waals surface area contributed by atoms with Crippen LogP contribution in [0.15, 0.2) is 27.6 Å². The van der Waals surface area contributed by atoms with Crippen molar-refractivity contribution in [2.75, 3.05) is 0 Å². The van der Waals surface area contributed by atoms with Crippen LogP contribution in [0.1, 0.15) is 58.4 Å². The van der Waals surface area contributed by atoms with E-state index >= 15 is 0 Å². The van der Waals surface area contributed by atoms with Crippen LogP contribution in [0, 0.1) is 0 Å². The third-order valence-corrected chi connectivity index (χ3v) is 6.00. The molecule has 0 unspecified atom stereocenters. The van der Waals surface area contributed by atoms with Crippen molar-refractivity contribution in [3.63, 3.8) is 0 Å². The standard InChI is InChI=1S/C17H26BrNS/c1-17(2,3)19-12-13-9-10-16(15(18)11-13)20-14-7-5-4-6-8-14/h9-11,14,19H,4-8,12H2,1-3H3. The molecule has 3 heteroatoms. The Bertz CT molecular complexity index is 433.